The third kappa shape index (κ3) is 5.96. The number of benzene rings is 2. The number of alkyl halides is 2. The molecule has 2 N–H and O–H groups in total. The van der Waals surface area contributed by atoms with Gasteiger partial charge in [-0.05, 0) is 22.3 Å². The van der Waals surface area contributed by atoms with Crippen molar-refractivity contribution in [2.45, 2.75) is 55.0 Å². The van der Waals surface area contributed by atoms with Crippen LogP contribution < -0.4 is 10.4 Å². The summed E-state index contributed by atoms with van der Waals surface area (Å²) in [6, 6.07) is 20.0. The lowest BCUT2D eigenvalue weighted by atomic mass is 10.1. The Labute approximate surface area is 204 Å². The molecular formula is C24H32FIO5Si. The Hall–Kier alpha value is -1.33. The van der Waals surface area contributed by atoms with Crippen LogP contribution in [0.5, 0.6) is 0 Å². The minimum Gasteiger partial charge on any atom is -0.464 e. The first-order valence-electron chi connectivity index (χ1n) is 10.6. The van der Waals surface area contributed by atoms with E-state index >= 15 is 0 Å². The van der Waals surface area contributed by atoms with Crippen LogP contribution in [0.4, 0.5) is 4.39 Å². The normalized spacial score (nSPS) is 16.1. The van der Waals surface area contributed by atoms with Crippen molar-refractivity contribution in [2.75, 3.05) is 13.2 Å². The SMILES string of the molecule is CCOC(=O)[C@@H](F)[C@H](O)[C@H](O)[C@H](I)CO[Si](c1ccccc1)(c1ccccc1)C(C)(C)C. The molecule has 0 aliphatic rings. The summed E-state index contributed by atoms with van der Waals surface area (Å²) in [4.78, 5) is 11.6. The predicted molar refractivity (Wildman–Crippen MR) is 135 cm³/mol. The summed E-state index contributed by atoms with van der Waals surface area (Å²) in [6.07, 6.45) is -5.73. The van der Waals surface area contributed by atoms with Gasteiger partial charge in [0.2, 0.25) is 6.17 Å². The molecule has 0 heterocycles. The van der Waals surface area contributed by atoms with Crippen LogP contribution in [0, 0.1) is 0 Å². The van der Waals surface area contributed by atoms with Gasteiger partial charge in [0.25, 0.3) is 8.32 Å². The highest BCUT2D eigenvalue weighted by Crippen LogP contribution is 2.37. The Kier molecular flexibility index (Phi) is 9.83. The Bertz CT molecular complexity index is 807. The van der Waals surface area contributed by atoms with E-state index in [0.29, 0.717) is 0 Å². The van der Waals surface area contributed by atoms with Crippen molar-refractivity contribution in [3.05, 3.63) is 60.7 Å². The Balaban J connectivity index is 2.34. The van der Waals surface area contributed by atoms with E-state index in [4.69, 9.17) is 4.43 Å². The van der Waals surface area contributed by atoms with Crippen LogP contribution in [0.15, 0.2) is 60.7 Å². The zero-order valence-electron chi connectivity index (χ0n) is 18.9. The smallest absolute Gasteiger partial charge is 0.343 e. The van der Waals surface area contributed by atoms with E-state index in [9.17, 15) is 19.4 Å². The van der Waals surface area contributed by atoms with E-state index in [1.165, 1.54) is 0 Å². The van der Waals surface area contributed by atoms with Gasteiger partial charge in [-0.2, -0.15) is 0 Å². The summed E-state index contributed by atoms with van der Waals surface area (Å²) in [5.74, 6) is -1.18. The molecule has 2 rings (SSSR count). The number of hydrogen-bond acceptors (Lipinski definition) is 5. The van der Waals surface area contributed by atoms with E-state index in [2.05, 4.69) is 49.8 Å². The number of ether oxygens (including phenoxy) is 1. The topological polar surface area (TPSA) is 76.0 Å². The zero-order chi connectivity index (χ0) is 23.9. The van der Waals surface area contributed by atoms with Crippen LogP contribution >= 0.6 is 22.6 Å². The number of aliphatic hydroxyl groups excluding tert-OH is 2. The van der Waals surface area contributed by atoms with E-state index < -0.39 is 36.6 Å². The lowest BCUT2D eigenvalue weighted by Crippen LogP contribution is -2.67. The minimum atomic E-state index is -2.84. The molecule has 0 spiro atoms. The molecule has 0 aromatic heterocycles. The van der Waals surface area contributed by atoms with E-state index in [0.717, 1.165) is 10.4 Å². The number of carbonyl (C=O) groups excluding carboxylic acids is 1. The standard InChI is InChI=1S/C24H32FIO5Si/c1-5-30-23(29)20(25)22(28)21(27)19(26)16-31-32(24(2,3)4,17-12-8-6-9-13-17)18-14-10-7-11-15-18/h6-15,19-22,27-28H,5,16H2,1-4H3/t19-,20+,21-,22+/m1/s1. The van der Waals surface area contributed by atoms with Gasteiger partial charge < -0.3 is 19.4 Å². The minimum absolute atomic E-state index is 0.00724. The molecule has 0 unspecified atom stereocenters. The number of carbonyl (C=O) groups is 1. The Morgan fingerprint density at radius 2 is 1.47 bits per heavy atom. The van der Waals surface area contributed by atoms with Crippen LogP contribution in [-0.4, -0.2) is 60.0 Å². The van der Waals surface area contributed by atoms with Gasteiger partial charge in [0, 0.05) is 6.61 Å². The monoisotopic (exact) mass is 574 g/mol. The van der Waals surface area contributed by atoms with E-state index in [-0.39, 0.29) is 18.3 Å². The van der Waals surface area contributed by atoms with Gasteiger partial charge in [0.15, 0.2) is 0 Å². The molecule has 32 heavy (non-hydrogen) atoms. The van der Waals surface area contributed by atoms with Gasteiger partial charge in [0.05, 0.1) is 16.6 Å². The summed E-state index contributed by atoms with van der Waals surface area (Å²) in [7, 11) is -2.84. The number of rotatable bonds is 10. The molecule has 2 aromatic carbocycles. The second-order valence-corrected chi connectivity index (χ2v) is 14.5. The fraction of sp³-hybridized carbons (Fsp3) is 0.458. The Morgan fingerprint density at radius 1 is 1.00 bits per heavy atom. The average Bonchev–Trinajstić information content (AvgIpc) is 2.78. The van der Waals surface area contributed by atoms with Crippen LogP contribution in [0.2, 0.25) is 5.04 Å². The first-order valence-corrected chi connectivity index (χ1v) is 13.8. The molecule has 0 radical (unpaired) electrons. The van der Waals surface area contributed by atoms with Crippen LogP contribution in [0.25, 0.3) is 0 Å². The number of aliphatic hydroxyl groups is 2. The maximum Gasteiger partial charge on any atom is 0.343 e. The maximum absolute atomic E-state index is 14.3. The van der Waals surface area contributed by atoms with Gasteiger partial charge in [0.1, 0.15) is 6.10 Å². The maximum atomic E-state index is 14.3. The molecule has 0 aliphatic heterocycles. The molecule has 0 aliphatic carbocycles. The molecule has 5 nitrogen and oxygen atoms in total. The van der Waals surface area contributed by atoms with Gasteiger partial charge in [-0.15, -0.1) is 0 Å². The van der Waals surface area contributed by atoms with Crippen molar-refractivity contribution in [3.63, 3.8) is 0 Å². The number of halogens is 2. The van der Waals surface area contributed by atoms with Crippen LogP contribution in [-0.2, 0) is 14.0 Å². The molecule has 0 saturated heterocycles. The van der Waals surface area contributed by atoms with Gasteiger partial charge >= 0.3 is 5.97 Å². The third-order valence-corrected chi connectivity index (χ3v) is 11.5. The summed E-state index contributed by atoms with van der Waals surface area (Å²) in [5, 5.41) is 22.6. The lowest BCUT2D eigenvalue weighted by molar-refractivity contribution is -0.157. The van der Waals surface area contributed by atoms with Crippen molar-refractivity contribution in [3.8, 4) is 0 Å². The zero-order valence-corrected chi connectivity index (χ0v) is 22.0. The third-order valence-electron chi connectivity index (χ3n) is 5.41. The fourth-order valence-corrected chi connectivity index (χ4v) is 9.34. The van der Waals surface area contributed by atoms with Gasteiger partial charge in [-0.25, -0.2) is 9.18 Å². The summed E-state index contributed by atoms with van der Waals surface area (Å²) < 4.78 is 24.9. The van der Waals surface area contributed by atoms with Crippen molar-refractivity contribution >= 4 is 47.3 Å². The molecule has 176 valence electrons. The van der Waals surface area contributed by atoms with Crippen molar-refractivity contribution in [1.82, 2.24) is 0 Å². The van der Waals surface area contributed by atoms with Crippen LogP contribution in [0.3, 0.4) is 0 Å². The van der Waals surface area contributed by atoms with E-state index in [1.54, 1.807) is 6.92 Å². The number of hydrogen-bond donors (Lipinski definition) is 2. The van der Waals surface area contributed by atoms with Gasteiger partial charge in [-0.3, -0.25) is 0 Å². The fourth-order valence-electron chi connectivity index (χ4n) is 3.81. The largest absolute Gasteiger partial charge is 0.464 e. The second kappa shape index (κ2) is 11.7. The molecule has 0 saturated carbocycles. The summed E-state index contributed by atoms with van der Waals surface area (Å²) in [5.41, 5.74) is 0. The summed E-state index contributed by atoms with van der Waals surface area (Å²) >= 11 is 1.94. The molecule has 0 bridgehead atoms. The van der Waals surface area contributed by atoms with Crippen molar-refractivity contribution in [2.24, 2.45) is 0 Å². The molecule has 8 heteroatoms. The highest BCUT2D eigenvalue weighted by molar-refractivity contribution is 14.1. The van der Waals surface area contributed by atoms with Crippen LogP contribution in [0.1, 0.15) is 27.7 Å². The second-order valence-electron chi connectivity index (χ2n) is 8.63. The Morgan fingerprint density at radius 3 is 1.88 bits per heavy atom. The van der Waals surface area contributed by atoms with Gasteiger partial charge in [-0.1, -0.05) is 104 Å². The molecule has 2 aromatic rings. The highest BCUT2D eigenvalue weighted by Gasteiger charge is 2.50. The highest BCUT2D eigenvalue weighted by atomic mass is 127. The molecular weight excluding hydrogens is 542 g/mol. The summed E-state index contributed by atoms with van der Waals surface area (Å²) in [6.45, 7) is 8.00. The van der Waals surface area contributed by atoms with Crippen molar-refractivity contribution in [1.29, 1.82) is 0 Å². The van der Waals surface area contributed by atoms with Crippen molar-refractivity contribution < 1.29 is 28.6 Å². The van der Waals surface area contributed by atoms with E-state index in [1.807, 2.05) is 59.0 Å². The molecule has 0 amide bonds. The molecule has 4 atom stereocenters. The number of esters is 1. The predicted octanol–water partition coefficient (Wildman–Crippen LogP) is 2.99. The first-order chi connectivity index (χ1) is 15.1. The quantitative estimate of drug-likeness (QED) is 0.198. The average molecular weight is 575 g/mol. The first kappa shape index (κ1) is 26.9. The lowest BCUT2D eigenvalue weighted by Gasteiger charge is -2.43. The molecule has 0 fully saturated rings.